The number of ether oxygens (including phenoxy) is 4. The lowest BCUT2D eigenvalue weighted by Gasteiger charge is -2.31. The van der Waals surface area contributed by atoms with Crippen LogP contribution < -0.4 is 5.32 Å². The van der Waals surface area contributed by atoms with Gasteiger partial charge in [-0.05, 0) is 31.0 Å². The van der Waals surface area contributed by atoms with Crippen molar-refractivity contribution in [2.24, 2.45) is 0 Å². The van der Waals surface area contributed by atoms with Crippen LogP contribution in [0.15, 0.2) is 18.2 Å². The Morgan fingerprint density at radius 2 is 2.04 bits per heavy atom. The minimum absolute atomic E-state index is 0.138. The summed E-state index contributed by atoms with van der Waals surface area (Å²) in [5.41, 5.74) is 4.00. The molecule has 0 radical (unpaired) electrons. The molecule has 2 aromatic rings. The molecular formula is C20H26N2O6. The molecule has 8 heteroatoms. The standard InChI is InChI=1S/C20H26N2O6/c1-4-26-10-12-7-6-8-14-16(12)17-13(11-25-3)18(21-9-15(17)22-14)19(23)28-20(24)27-5-2/h6-8,13,18,21-22H,4-5,9-11H2,1-3H3. The van der Waals surface area contributed by atoms with E-state index in [0.717, 1.165) is 27.7 Å². The molecule has 0 amide bonds. The van der Waals surface area contributed by atoms with Crippen molar-refractivity contribution in [3.63, 3.8) is 0 Å². The highest BCUT2D eigenvalue weighted by atomic mass is 16.7. The summed E-state index contributed by atoms with van der Waals surface area (Å²) in [6.07, 6.45) is -0.993. The molecule has 3 rings (SSSR count). The van der Waals surface area contributed by atoms with E-state index in [4.69, 9.17) is 18.9 Å². The van der Waals surface area contributed by atoms with Crippen molar-refractivity contribution in [2.75, 3.05) is 26.9 Å². The van der Waals surface area contributed by atoms with E-state index < -0.39 is 18.2 Å². The highest BCUT2D eigenvalue weighted by Crippen LogP contribution is 2.37. The average Bonchev–Trinajstić information content (AvgIpc) is 3.06. The van der Waals surface area contributed by atoms with Crippen LogP contribution in [0.3, 0.4) is 0 Å². The first-order valence-corrected chi connectivity index (χ1v) is 9.41. The maximum Gasteiger partial charge on any atom is 0.516 e. The first kappa shape index (κ1) is 20.3. The summed E-state index contributed by atoms with van der Waals surface area (Å²) in [6.45, 7) is 5.56. The number of carbonyl (C=O) groups excluding carboxylic acids is 2. The number of carbonyl (C=O) groups is 2. The van der Waals surface area contributed by atoms with Crippen molar-refractivity contribution in [2.45, 2.75) is 39.0 Å². The molecule has 2 atom stereocenters. The molecule has 2 heterocycles. The molecule has 0 saturated carbocycles. The van der Waals surface area contributed by atoms with Crippen LogP contribution in [0.2, 0.25) is 0 Å². The summed E-state index contributed by atoms with van der Waals surface area (Å²) in [5, 5.41) is 4.19. The van der Waals surface area contributed by atoms with Crippen LogP contribution in [0.25, 0.3) is 10.9 Å². The number of rotatable bonds is 7. The van der Waals surface area contributed by atoms with Crippen molar-refractivity contribution < 1.29 is 28.5 Å². The van der Waals surface area contributed by atoms with E-state index in [2.05, 4.69) is 10.3 Å². The van der Waals surface area contributed by atoms with Crippen LogP contribution in [0.1, 0.15) is 36.6 Å². The van der Waals surface area contributed by atoms with Gasteiger partial charge in [0, 0.05) is 42.8 Å². The monoisotopic (exact) mass is 390 g/mol. The molecule has 0 fully saturated rings. The summed E-state index contributed by atoms with van der Waals surface area (Å²) < 4.78 is 20.6. The Morgan fingerprint density at radius 1 is 1.21 bits per heavy atom. The number of hydrogen-bond acceptors (Lipinski definition) is 7. The normalized spacial score (nSPS) is 18.7. The van der Waals surface area contributed by atoms with Gasteiger partial charge in [-0.15, -0.1) is 0 Å². The molecule has 8 nitrogen and oxygen atoms in total. The van der Waals surface area contributed by atoms with E-state index in [9.17, 15) is 9.59 Å². The predicted molar refractivity (Wildman–Crippen MR) is 102 cm³/mol. The van der Waals surface area contributed by atoms with Crippen LogP contribution in [0, 0.1) is 0 Å². The van der Waals surface area contributed by atoms with Crippen LogP contribution in [-0.2, 0) is 36.9 Å². The summed E-state index contributed by atoms with van der Waals surface area (Å²) in [7, 11) is 1.58. The molecular weight excluding hydrogens is 364 g/mol. The maximum absolute atomic E-state index is 12.6. The molecule has 28 heavy (non-hydrogen) atoms. The maximum atomic E-state index is 12.6. The number of esters is 1. The molecule has 0 saturated heterocycles. The van der Waals surface area contributed by atoms with Gasteiger partial charge in [0.2, 0.25) is 0 Å². The smallest absolute Gasteiger partial charge is 0.434 e. The molecule has 2 unspecified atom stereocenters. The molecule has 1 aromatic heterocycles. The predicted octanol–water partition coefficient (Wildman–Crippen LogP) is 2.61. The van der Waals surface area contributed by atoms with Gasteiger partial charge in [0.05, 0.1) is 19.8 Å². The van der Waals surface area contributed by atoms with E-state index in [1.165, 1.54) is 0 Å². The number of aromatic amines is 1. The van der Waals surface area contributed by atoms with Gasteiger partial charge in [-0.3, -0.25) is 5.32 Å². The Balaban J connectivity index is 1.99. The summed E-state index contributed by atoms with van der Waals surface area (Å²) in [5.74, 6) is -1.00. The quantitative estimate of drug-likeness (QED) is 0.554. The topological polar surface area (TPSA) is 98.9 Å². The van der Waals surface area contributed by atoms with Gasteiger partial charge in [0.15, 0.2) is 0 Å². The zero-order valence-electron chi connectivity index (χ0n) is 16.4. The molecule has 1 aliphatic rings. The SMILES string of the molecule is CCOCc1cccc2[nH]c3c(c12)C(COC)C(C(=O)OC(=O)OCC)NC3. The zero-order chi connectivity index (χ0) is 20.1. The lowest BCUT2D eigenvalue weighted by Crippen LogP contribution is -2.47. The van der Waals surface area contributed by atoms with Crippen molar-refractivity contribution in [3.8, 4) is 0 Å². The number of hydrogen-bond donors (Lipinski definition) is 2. The second kappa shape index (κ2) is 9.18. The Kier molecular flexibility index (Phi) is 6.66. The van der Waals surface area contributed by atoms with E-state index in [1.54, 1.807) is 14.0 Å². The van der Waals surface area contributed by atoms with Gasteiger partial charge in [-0.2, -0.15) is 0 Å². The summed E-state index contributed by atoms with van der Waals surface area (Å²) >= 11 is 0. The fraction of sp³-hybridized carbons (Fsp3) is 0.500. The molecule has 1 aliphatic heterocycles. The van der Waals surface area contributed by atoms with Crippen molar-refractivity contribution >= 4 is 23.0 Å². The number of methoxy groups -OCH3 is 1. The van der Waals surface area contributed by atoms with Gasteiger partial charge >= 0.3 is 12.1 Å². The third kappa shape index (κ3) is 4.04. The first-order chi connectivity index (χ1) is 13.6. The molecule has 0 spiro atoms. The summed E-state index contributed by atoms with van der Waals surface area (Å²) in [4.78, 5) is 27.6. The zero-order valence-corrected chi connectivity index (χ0v) is 16.4. The number of benzene rings is 1. The van der Waals surface area contributed by atoms with Crippen LogP contribution >= 0.6 is 0 Å². The lowest BCUT2D eigenvalue weighted by atomic mass is 9.85. The van der Waals surface area contributed by atoms with Gasteiger partial charge in [0.1, 0.15) is 6.04 Å². The van der Waals surface area contributed by atoms with E-state index in [-0.39, 0.29) is 12.5 Å². The van der Waals surface area contributed by atoms with Crippen LogP contribution in [0.4, 0.5) is 4.79 Å². The molecule has 2 N–H and O–H groups in total. The second-order valence-corrected chi connectivity index (χ2v) is 6.52. The number of H-pyrrole nitrogens is 1. The van der Waals surface area contributed by atoms with Crippen molar-refractivity contribution in [1.29, 1.82) is 0 Å². The Labute approximate surface area is 163 Å². The third-order valence-electron chi connectivity index (χ3n) is 4.81. The van der Waals surface area contributed by atoms with Gasteiger partial charge in [-0.1, -0.05) is 12.1 Å². The Morgan fingerprint density at radius 3 is 2.75 bits per heavy atom. The van der Waals surface area contributed by atoms with Gasteiger partial charge < -0.3 is 23.9 Å². The Bertz CT molecular complexity index is 847. The first-order valence-electron chi connectivity index (χ1n) is 9.41. The molecule has 1 aromatic carbocycles. The number of fused-ring (bicyclic) bond motifs is 3. The van der Waals surface area contributed by atoms with Gasteiger partial charge in [-0.25, -0.2) is 9.59 Å². The average molecular weight is 390 g/mol. The lowest BCUT2D eigenvalue weighted by molar-refractivity contribution is -0.143. The Hall–Kier alpha value is -2.42. The van der Waals surface area contributed by atoms with Gasteiger partial charge in [0.25, 0.3) is 0 Å². The minimum Gasteiger partial charge on any atom is -0.434 e. The van der Waals surface area contributed by atoms with E-state index in [0.29, 0.717) is 26.4 Å². The van der Waals surface area contributed by atoms with Crippen LogP contribution in [-0.4, -0.2) is 50.1 Å². The van der Waals surface area contributed by atoms with E-state index in [1.807, 2.05) is 25.1 Å². The fourth-order valence-corrected chi connectivity index (χ4v) is 3.70. The molecule has 0 aliphatic carbocycles. The number of aromatic nitrogens is 1. The largest absolute Gasteiger partial charge is 0.516 e. The minimum atomic E-state index is -0.993. The van der Waals surface area contributed by atoms with Crippen LogP contribution in [0.5, 0.6) is 0 Å². The summed E-state index contributed by atoms with van der Waals surface area (Å²) in [6, 6.07) is 5.27. The highest BCUT2D eigenvalue weighted by molar-refractivity contribution is 5.92. The number of nitrogens with one attached hydrogen (secondary N) is 2. The van der Waals surface area contributed by atoms with Crippen molar-refractivity contribution in [3.05, 3.63) is 35.0 Å². The highest BCUT2D eigenvalue weighted by Gasteiger charge is 2.39. The molecule has 0 bridgehead atoms. The second-order valence-electron chi connectivity index (χ2n) is 6.52. The van der Waals surface area contributed by atoms with Crippen molar-refractivity contribution in [1.82, 2.24) is 10.3 Å². The molecule has 152 valence electrons. The fourth-order valence-electron chi connectivity index (χ4n) is 3.70. The third-order valence-corrected chi connectivity index (χ3v) is 4.81. The van der Waals surface area contributed by atoms with E-state index >= 15 is 0 Å².